The number of guanidine groups is 1. The Hall–Kier alpha value is -1.32. The van der Waals surface area contributed by atoms with Crippen LogP contribution >= 0.6 is 24.0 Å². The quantitative estimate of drug-likeness (QED) is 0.339. The molecule has 0 bridgehead atoms. The number of furan rings is 1. The molecule has 0 aliphatic carbocycles. The van der Waals surface area contributed by atoms with E-state index in [1.807, 2.05) is 18.2 Å². The standard InChI is InChI=1S/C23H33N3O3.HI/c1-2-24-23(25-16-21-15-18-7-3-4-9-22(18)29-21)26-12-10-19(11-13-26)28-17-20-8-5-6-14-27-20;/h3-4,7,9,15,19-20H,2,5-6,8,10-14,16-17H2,1H3,(H,24,25);1H. The molecule has 0 saturated carbocycles. The molecular weight excluding hydrogens is 493 g/mol. The minimum absolute atomic E-state index is 0. The number of para-hydroxylation sites is 1. The number of fused-ring (bicyclic) bond motifs is 1. The minimum Gasteiger partial charge on any atom is -0.459 e. The van der Waals surface area contributed by atoms with Crippen molar-refractivity contribution in [2.24, 2.45) is 4.99 Å². The Morgan fingerprint density at radius 1 is 1.20 bits per heavy atom. The molecule has 2 aliphatic heterocycles. The van der Waals surface area contributed by atoms with Gasteiger partial charge in [-0.1, -0.05) is 18.2 Å². The number of rotatable bonds is 6. The zero-order chi connectivity index (χ0) is 19.9. The van der Waals surface area contributed by atoms with E-state index in [9.17, 15) is 0 Å². The van der Waals surface area contributed by atoms with Crippen LogP contribution in [0.1, 0.15) is 44.8 Å². The molecule has 1 N–H and O–H groups in total. The Labute approximate surface area is 196 Å². The second-order valence-electron chi connectivity index (χ2n) is 7.93. The molecule has 30 heavy (non-hydrogen) atoms. The van der Waals surface area contributed by atoms with Crippen LogP contribution in [0.15, 0.2) is 39.7 Å². The Morgan fingerprint density at radius 3 is 2.77 bits per heavy atom. The molecule has 1 unspecified atom stereocenters. The highest BCUT2D eigenvalue weighted by atomic mass is 127. The molecule has 1 atom stereocenters. The SMILES string of the molecule is CCNC(=NCc1cc2ccccc2o1)N1CCC(OCC2CCCCO2)CC1.I. The maximum absolute atomic E-state index is 6.15. The van der Waals surface area contributed by atoms with Gasteiger partial charge in [-0.3, -0.25) is 0 Å². The van der Waals surface area contributed by atoms with E-state index in [0.29, 0.717) is 18.8 Å². The van der Waals surface area contributed by atoms with Gasteiger partial charge in [-0.15, -0.1) is 24.0 Å². The molecule has 1 aromatic carbocycles. The van der Waals surface area contributed by atoms with Crippen LogP contribution in [0.25, 0.3) is 11.0 Å². The first kappa shape index (κ1) is 23.3. The summed E-state index contributed by atoms with van der Waals surface area (Å²) < 4.78 is 17.8. The van der Waals surface area contributed by atoms with Crippen LogP contribution in [0.3, 0.4) is 0 Å². The Kier molecular flexibility index (Phi) is 9.27. The second kappa shape index (κ2) is 11.9. The molecule has 4 rings (SSSR count). The molecule has 1 aromatic heterocycles. The average molecular weight is 527 g/mol. The fourth-order valence-electron chi connectivity index (χ4n) is 4.11. The lowest BCUT2D eigenvalue weighted by Crippen LogP contribution is -2.47. The highest BCUT2D eigenvalue weighted by Crippen LogP contribution is 2.20. The van der Waals surface area contributed by atoms with Crippen LogP contribution in [0.4, 0.5) is 0 Å². The van der Waals surface area contributed by atoms with Gasteiger partial charge in [-0.25, -0.2) is 4.99 Å². The highest BCUT2D eigenvalue weighted by molar-refractivity contribution is 14.0. The molecule has 2 saturated heterocycles. The summed E-state index contributed by atoms with van der Waals surface area (Å²) in [6, 6.07) is 10.2. The molecular formula is C23H34IN3O3. The van der Waals surface area contributed by atoms with Gasteiger partial charge >= 0.3 is 0 Å². The van der Waals surface area contributed by atoms with Gasteiger partial charge in [-0.2, -0.15) is 0 Å². The monoisotopic (exact) mass is 527 g/mol. The molecule has 7 heteroatoms. The number of nitrogens with one attached hydrogen (secondary N) is 1. The van der Waals surface area contributed by atoms with Crippen LogP contribution in [-0.2, 0) is 16.0 Å². The summed E-state index contributed by atoms with van der Waals surface area (Å²) in [7, 11) is 0. The van der Waals surface area contributed by atoms with Crippen LogP contribution in [0.2, 0.25) is 0 Å². The Bertz CT molecular complexity index is 763. The summed E-state index contributed by atoms with van der Waals surface area (Å²) in [5.74, 6) is 1.86. The van der Waals surface area contributed by atoms with Crippen molar-refractivity contribution >= 4 is 40.9 Å². The van der Waals surface area contributed by atoms with Crippen molar-refractivity contribution in [3.8, 4) is 0 Å². The van der Waals surface area contributed by atoms with Crippen molar-refractivity contribution in [1.29, 1.82) is 0 Å². The van der Waals surface area contributed by atoms with Gasteiger partial charge in [0, 0.05) is 31.6 Å². The first-order valence-corrected chi connectivity index (χ1v) is 11.1. The zero-order valence-corrected chi connectivity index (χ0v) is 20.2. The average Bonchev–Trinajstić information content (AvgIpc) is 3.19. The van der Waals surface area contributed by atoms with Crippen molar-refractivity contribution in [3.05, 3.63) is 36.1 Å². The summed E-state index contributed by atoms with van der Waals surface area (Å²) in [4.78, 5) is 7.16. The Morgan fingerprint density at radius 2 is 2.03 bits per heavy atom. The number of halogens is 1. The molecule has 166 valence electrons. The number of aliphatic imine (C=N–C) groups is 1. The number of likely N-dealkylation sites (tertiary alicyclic amines) is 1. The number of nitrogens with zero attached hydrogens (tertiary/aromatic N) is 2. The number of benzene rings is 1. The molecule has 6 nitrogen and oxygen atoms in total. The van der Waals surface area contributed by atoms with Crippen molar-refractivity contribution in [1.82, 2.24) is 10.2 Å². The lowest BCUT2D eigenvalue weighted by molar-refractivity contribution is -0.0721. The largest absolute Gasteiger partial charge is 0.459 e. The smallest absolute Gasteiger partial charge is 0.194 e. The third-order valence-corrected chi connectivity index (χ3v) is 5.73. The molecule has 0 radical (unpaired) electrons. The van der Waals surface area contributed by atoms with Crippen molar-refractivity contribution in [2.75, 3.05) is 32.8 Å². The van der Waals surface area contributed by atoms with E-state index >= 15 is 0 Å². The summed E-state index contributed by atoms with van der Waals surface area (Å²) in [5.41, 5.74) is 0.919. The normalized spacial score (nSPS) is 20.9. The molecule has 2 aliphatic rings. The first-order chi connectivity index (χ1) is 14.3. The van der Waals surface area contributed by atoms with Gasteiger partial charge in [0.05, 0.1) is 18.8 Å². The van der Waals surface area contributed by atoms with E-state index < -0.39 is 0 Å². The predicted molar refractivity (Wildman–Crippen MR) is 131 cm³/mol. The predicted octanol–water partition coefficient (Wildman–Crippen LogP) is 4.57. The Balaban J connectivity index is 0.00000256. The number of hydrogen-bond donors (Lipinski definition) is 1. The van der Waals surface area contributed by atoms with Crippen LogP contribution in [0, 0.1) is 0 Å². The maximum Gasteiger partial charge on any atom is 0.194 e. The van der Waals surface area contributed by atoms with Crippen molar-refractivity contribution < 1.29 is 13.9 Å². The van der Waals surface area contributed by atoms with Crippen LogP contribution in [-0.4, -0.2) is 55.9 Å². The van der Waals surface area contributed by atoms with Crippen LogP contribution < -0.4 is 5.32 Å². The third-order valence-electron chi connectivity index (χ3n) is 5.73. The van der Waals surface area contributed by atoms with Gasteiger partial charge in [0.25, 0.3) is 0 Å². The van der Waals surface area contributed by atoms with Gasteiger partial charge in [0.15, 0.2) is 5.96 Å². The third kappa shape index (κ3) is 6.34. The van der Waals surface area contributed by atoms with E-state index in [0.717, 1.165) is 74.8 Å². The van der Waals surface area contributed by atoms with Crippen LogP contribution in [0.5, 0.6) is 0 Å². The molecule has 0 amide bonds. The van der Waals surface area contributed by atoms with Gasteiger partial charge in [0.2, 0.25) is 0 Å². The summed E-state index contributed by atoms with van der Waals surface area (Å²) in [5, 5.41) is 4.56. The number of hydrogen-bond acceptors (Lipinski definition) is 4. The fraction of sp³-hybridized carbons (Fsp3) is 0.609. The van der Waals surface area contributed by atoms with Crippen molar-refractivity contribution in [3.63, 3.8) is 0 Å². The summed E-state index contributed by atoms with van der Waals surface area (Å²) in [6.45, 7) is 7.06. The lowest BCUT2D eigenvalue weighted by Gasteiger charge is -2.35. The fourth-order valence-corrected chi connectivity index (χ4v) is 4.11. The van der Waals surface area contributed by atoms with E-state index in [2.05, 4.69) is 29.3 Å². The van der Waals surface area contributed by atoms with Gasteiger partial charge in [-0.05, 0) is 51.2 Å². The summed E-state index contributed by atoms with van der Waals surface area (Å²) in [6.07, 6.45) is 6.27. The zero-order valence-electron chi connectivity index (χ0n) is 17.8. The second-order valence-corrected chi connectivity index (χ2v) is 7.93. The minimum atomic E-state index is 0. The van der Waals surface area contributed by atoms with E-state index in [1.165, 1.54) is 12.8 Å². The molecule has 2 fully saturated rings. The summed E-state index contributed by atoms with van der Waals surface area (Å²) >= 11 is 0. The van der Waals surface area contributed by atoms with Gasteiger partial charge in [0.1, 0.15) is 17.9 Å². The highest BCUT2D eigenvalue weighted by Gasteiger charge is 2.23. The number of piperidine rings is 1. The van der Waals surface area contributed by atoms with Crippen molar-refractivity contribution in [2.45, 2.75) is 57.8 Å². The lowest BCUT2D eigenvalue weighted by atomic mass is 10.1. The molecule has 3 heterocycles. The van der Waals surface area contributed by atoms with E-state index in [4.69, 9.17) is 18.9 Å². The van der Waals surface area contributed by atoms with E-state index in [1.54, 1.807) is 0 Å². The molecule has 2 aromatic rings. The topological polar surface area (TPSA) is 59.2 Å². The maximum atomic E-state index is 6.15. The van der Waals surface area contributed by atoms with Gasteiger partial charge < -0.3 is 24.1 Å². The van der Waals surface area contributed by atoms with E-state index in [-0.39, 0.29) is 24.0 Å². The number of ether oxygens (including phenoxy) is 2. The molecule has 0 spiro atoms. The first-order valence-electron chi connectivity index (χ1n) is 11.1.